The fourth-order valence-corrected chi connectivity index (χ4v) is 6.23. The second-order valence-corrected chi connectivity index (χ2v) is 11.0. The molecule has 0 N–H and O–H groups in total. The maximum absolute atomic E-state index is 6.37. The van der Waals surface area contributed by atoms with Gasteiger partial charge in [0.05, 0.1) is 12.7 Å². The SMILES string of the molecule is CCC(CC)C1CCC(COC2C=CC(c3ccc(CCc4ccc(C)cc4)cc3)CC2)CC1. The molecule has 0 heterocycles. The van der Waals surface area contributed by atoms with Gasteiger partial charge in [-0.1, -0.05) is 92.9 Å². The number of ether oxygens (including phenoxy) is 1. The molecule has 0 radical (unpaired) electrons. The van der Waals surface area contributed by atoms with Gasteiger partial charge < -0.3 is 4.74 Å². The van der Waals surface area contributed by atoms with Gasteiger partial charge in [-0.2, -0.15) is 0 Å². The average molecular weight is 459 g/mol. The molecule has 34 heavy (non-hydrogen) atoms. The molecule has 0 spiro atoms. The summed E-state index contributed by atoms with van der Waals surface area (Å²) in [4.78, 5) is 0. The molecule has 2 atom stereocenters. The lowest BCUT2D eigenvalue weighted by atomic mass is 9.74. The zero-order chi connectivity index (χ0) is 23.8. The summed E-state index contributed by atoms with van der Waals surface area (Å²) in [6.45, 7) is 7.85. The molecule has 0 aliphatic heterocycles. The third kappa shape index (κ3) is 7.08. The molecule has 1 nitrogen and oxygen atoms in total. The van der Waals surface area contributed by atoms with Crippen molar-refractivity contribution in [1.82, 2.24) is 0 Å². The van der Waals surface area contributed by atoms with Crippen LogP contribution in [-0.2, 0) is 17.6 Å². The molecule has 2 aliphatic rings. The number of benzene rings is 2. The first kappa shape index (κ1) is 25.2. The Morgan fingerprint density at radius 1 is 0.735 bits per heavy atom. The molecule has 0 aromatic heterocycles. The molecule has 0 saturated heterocycles. The van der Waals surface area contributed by atoms with Gasteiger partial charge in [0.2, 0.25) is 0 Å². The highest BCUT2D eigenvalue weighted by Gasteiger charge is 2.26. The van der Waals surface area contributed by atoms with Crippen LogP contribution in [0.25, 0.3) is 0 Å². The van der Waals surface area contributed by atoms with Crippen molar-refractivity contribution in [3.05, 3.63) is 82.9 Å². The number of hydrogen-bond acceptors (Lipinski definition) is 1. The van der Waals surface area contributed by atoms with E-state index < -0.39 is 0 Å². The molecule has 2 aromatic rings. The molecular formula is C33H46O. The van der Waals surface area contributed by atoms with Crippen molar-refractivity contribution in [3.63, 3.8) is 0 Å². The van der Waals surface area contributed by atoms with Crippen LogP contribution in [0.3, 0.4) is 0 Å². The van der Waals surface area contributed by atoms with Crippen LogP contribution in [0.5, 0.6) is 0 Å². The largest absolute Gasteiger partial charge is 0.374 e. The maximum Gasteiger partial charge on any atom is 0.0756 e. The Kier molecular flexibility index (Phi) is 9.45. The zero-order valence-electron chi connectivity index (χ0n) is 21.8. The Hall–Kier alpha value is -1.86. The van der Waals surface area contributed by atoms with Gasteiger partial charge in [-0.3, -0.25) is 0 Å². The average Bonchev–Trinajstić information content (AvgIpc) is 2.89. The predicted molar refractivity (Wildman–Crippen MR) is 145 cm³/mol. The molecule has 1 heteroatoms. The fraction of sp³-hybridized carbons (Fsp3) is 0.576. The topological polar surface area (TPSA) is 9.23 Å². The summed E-state index contributed by atoms with van der Waals surface area (Å²) in [6, 6.07) is 18.3. The van der Waals surface area contributed by atoms with E-state index in [0.717, 1.165) is 43.6 Å². The minimum atomic E-state index is 0.321. The van der Waals surface area contributed by atoms with Crippen LogP contribution in [0, 0.1) is 24.7 Å². The minimum Gasteiger partial charge on any atom is -0.374 e. The first-order valence-corrected chi connectivity index (χ1v) is 14.1. The van der Waals surface area contributed by atoms with E-state index in [-0.39, 0.29) is 0 Å². The van der Waals surface area contributed by atoms with Gasteiger partial charge in [0.1, 0.15) is 0 Å². The minimum absolute atomic E-state index is 0.321. The number of aryl methyl sites for hydroxylation is 3. The second-order valence-electron chi connectivity index (χ2n) is 11.0. The lowest BCUT2D eigenvalue weighted by Gasteiger charge is -2.34. The van der Waals surface area contributed by atoms with E-state index in [2.05, 4.69) is 81.5 Å². The van der Waals surface area contributed by atoms with E-state index in [9.17, 15) is 0 Å². The van der Waals surface area contributed by atoms with Gasteiger partial charge in [0.15, 0.2) is 0 Å². The van der Waals surface area contributed by atoms with Crippen molar-refractivity contribution in [2.75, 3.05) is 6.61 Å². The van der Waals surface area contributed by atoms with Gasteiger partial charge in [-0.25, -0.2) is 0 Å². The number of rotatable bonds is 10. The highest BCUT2D eigenvalue weighted by molar-refractivity contribution is 5.30. The summed E-state index contributed by atoms with van der Waals surface area (Å²) in [6.07, 6.45) is 17.9. The molecule has 2 aliphatic carbocycles. The van der Waals surface area contributed by atoms with Crippen LogP contribution in [0.15, 0.2) is 60.7 Å². The predicted octanol–water partition coefficient (Wildman–Crippen LogP) is 8.84. The smallest absolute Gasteiger partial charge is 0.0756 e. The summed E-state index contributed by atoms with van der Waals surface area (Å²) < 4.78 is 6.37. The van der Waals surface area contributed by atoms with Gasteiger partial charge in [0, 0.05) is 5.92 Å². The van der Waals surface area contributed by atoms with Crippen LogP contribution in [-0.4, -0.2) is 12.7 Å². The van der Waals surface area contributed by atoms with Crippen molar-refractivity contribution in [2.24, 2.45) is 17.8 Å². The lowest BCUT2D eigenvalue weighted by molar-refractivity contribution is 0.0297. The van der Waals surface area contributed by atoms with Crippen molar-refractivity contribution in [1.29, 1.82) is 0 Å². The normalized spacial score (nSPS) is 25.1. The molecule has 0 amide bonds. The molecule has 184 valence electrons. The summed E-state index contributed by atoms with van der Waals surface area (Å²) in [7, 11) is 0. The third-order valence-electron chi connectivity index (χ3n) is 8.70. The summed E-state index contributed by atoms with van der Waals surface area (Å²) in [5.41, 5.74) is 5.65. The number of hydrogen-bond donors (Lipinski definition) is 0. The van der Waals surface area contributed by atoms with Gasteiger partial charge >= 0.3 is 0 Å². The van der Waals surface area contributed by atoms with Crippen molar-refractivity contribution in [2.45, 2.75) is 97.0 Å². The first-order valence-electron chi connectivity index (χ1n) is 14.1. The van der Waals surface area contributed by atoms with Gasteiger partial charge in [-0.15, -0.1) is 0 Å². The highest BCUT2D eigenvalue weighted by Crippen LogP contribution is 2.37. The Labute approximate surface area is 209 Å². The Balaban J connectivity index is 1.18. The Morgan fingerprint density at radius 3 is 1.91 bits per heavy atom. The van der Waals surface area contributed by atoms with Crippen LogP contribution in [0.1, 0.15) is 93.4 Å². The Bertz CT molecular complexity index is 866. The highest BCUT2D eigenvalue weighted by atomic mass is 16.5. The summed E-state index contributed by atoms with van der Waals surface area (Å²) in [5.74, 6) is 3.24. The van der Waals surface area contributed by atoms with E-state index in [1.807, 2.05) is 0 Å². The monoisotopic (exact) mass is 458 g/mol. The van der Waals surface area contributed by atoms with Gasteiger partial charge in [0.25, 0.3) is 0 Å². The molecule has 1 saturated carbocycles. The maximum atomic E-state index is 6.37. The quantitative estimate of drug-likeness (QED) is 0.323. The summed E-state index contributed by atoms with van der Waals surface area (Å²) in [5, 5.41) is 0. The fourth-order valence-electron chi connectivity index (χ4n) is 6.23. The Morgan fingerprint density at radius 2 is 1.35 bits per heavy atom. The zero-order valence-corrected chi connectivity index (χ0v) is 21.8. The third-order valence-corrected chi connectivity index (χ3v) is 8.70. The molecule has 1 fully saturated rings. The first-order chi connectivity index (χ1) is 16.6. The van der Waals surface area contributed by atoms with E-state index >= 15 is 0 Å². The molecule has 2 unspecified atom stereocenters. The van der Waals surface area contributed by atoms with Crippen LogP contribution >= 0.6 is 0 Å². The lowest BCUT2D eigenvalue weighted by Crippen LogP contribution is -2.25. The van der Waals surface area contributed by atoms with Crippen molar-refractivity contribution < 1.29 is 4.74 Å². The van der Waals surface area contributed by atoms with Crippen LogP contribution in [0.2, 0.25) is 0 Å². The van der Waals surface area contributed by atoms with Crippen LogP contribution < -0.4 is 0 Å². The van der Waals surface area contributed by atoms with Gasteiger partial charge in [-0.05, 0) is 92.7 Å². The van der Waals surface area contributed by atoms with Crippen molar-refractivity contribution in [3.8, 4) is 0 Å². The molecular weight excluding hydrogens is 412 g/mol. The van der Waals surface area contributed by atoms with Crippen molar-refractivity contribution >= 4 is 0 Å². The van der Waals surface area contributed by atoms with E-state index in [1.165, 1.54) is 67.2 Å². The molecule has 2 aromatic carbocycles. The number of allylic oxidation sites excluding steroid dienone is 1. The summed E-state index contributed by atoms with van der Waals surface area (Å²) >= 11 is 0. The van der Waals surface area contributed by atoms with E-state index in [4.69, 9.17) is 4.74 Å². The second kappa shape index (κ2) is 12.7. The van der Waals surface area contributed by atoms with Crippen LogP contribution in [0.4, 0.5) is 0 Å². The standard InChI is InChI=1S/C33H46O/c1-4-29(5-2)30-18-14-28(15-19-30)24-34-33-22-20-32(21-23-33)31-16-12-27(13-17-31)11-10-26-8-6-25(3)7-9-26/h6-9,12-13,16-17,20,22,28-30,32-33H,4-5,10-11,14-15,18-19,21,23-24H2,1-3H3. The molecule has 0 bridgehead atoms. The van der Waals surface area contributed by atoms with E-state index in [1.54, 1.807) is 0 Å². The van der Waals surface area contributed by atoms with E-state index in [0.29, 0.717) is 12.0 Å². The molecule has 4 rings (SSSR count).